The van der Waals surface area contributed by atoms with Crippen molar-refractivity contribution in [1.29, 1.82) is 0 Å². The molecular weight excluding hydrogens is 390 g/mol. The van der Waals surface area contributed by atoms with Crippen molar-refractivity contribution in [1.82, 2.24) is 5.01 Å². The number of piperidine rings is 1. The molecule has 1 saturated heterocycles. The monoisotopic (exact) mass is 407 g/mol. The first-order valence-electron chi connectivity index (χ1n) is 4.84. The van der Waals surface area contributed by atoms with E-state index in [-0.39, 0.29) is 0 Å². The molecule has 0 amide bonds. The molecule has 0 bridgehead atoms. The predicted molar refractivity (Wildman–Crippen MR) is 59.1 cm³/mol. The molecule has 13 heavy (non-hydrogen) atoms. The number of nitrogens with two attached hydrogens (primary N) is 1. The molecule has 78 valence electrons. The molecule has 0 aromatic rings. The van der Waals surface area contributed by atoms with E-state index in [2.05, 4.69) is 30.5 Å². The fraction of sp³-hybridized carbons (Fsp3) is 1.00. The number of hydrogen-bond donors (Lipinski definition) is 1. The molecule has 1 saturated carbocycles. The first kappa shape index (κ1) is 10.9. The van der Waals surface area contributed by atoms with Crippen LogP contribution in [-0.2, 0) is 0 Å². The second kappa shape index (κ2) is 3.75. The molecule has 1 spiro atoms. The van der Waals surface area contributed by atoms with Gasteiger partial charge in [0.15, 0.2) is 0 Å². The van der Waals surface area contributed by atoms with E-state index in [0.29, 0.717) is 26.1 Å². The molecule has 4 heteroatoms. The van der Waals surface area contributed by atoms with Gasteiger partial charge in [0, 0.05) is 0 Å². The third-order valence-electron chi connectivity index (χ3n) is 3.40. The summed E-state index contributed by atoms with van der Waals surface area (Å²) in [7, 11) is 0. The Morgan fingerprint density at radius 3 is 2.54 bits per heavy atom. The first-order chi connectivity index (χ1) is 6.08. The van der Waals surface area contributed by atoms with Crippen LogP contribution in [0.15, 0.2) is 0 Å². The Morgan fingerprint density at radius 1 is 1.38 bits per heavy atom. The molecule has 2 rings (SSSR count). The second-order valence-corrected chi connectivity index (χ2v) is 10.7. The van der Waals surface area contributed by atoms with E-state index in [9.17, 15) is 0 Å². The minimum atomic E-state index is 0.292. The summed E-state index contributed by atoms with van der Waals surface area (Å²) >= 11 is 2.91. The fourth-order valence-electron chi connectivity index (χ4n) is 2.86. The zero-order valence-electron chi connectivity index (χ0n) is 8.02. The SMILES string of the molecule is CC1([I-]I)CN(N)CC2(CCC2)C1. The summed E-state index contributed by atoms with van der Waals surface area (Å²) in [6.45, 7) is 4.72. The van der Waals surface area contributed by atoms with E-state index < -0.39 is 0 Å². The van der Waals surface area contributed by atoms with Gasteiger partial charge < -0.3 is 0 Å². The van der Waals surface area contributed by atoms with Crippen molar-refractivity contribution in [2.24, 2.45) is 11.3 Å². The van der Waals surface area contributed by atoms with Crippen molar-refractivity contribution in [2.75, 3.05) is 13.1 Å². The summed E-state index contributed by atoms with van der Waals surface area (Å²) < 4.78 is 0.576. The molecule has 1 heterocycles. The summed E-state index contributed by atoms with van der Waals surface area (Å²) in [4.78, 5) is 0. The van der Waals surface area contributed by atoms with Gasteiger partial charge in [0.05, 0.1) is 0 Å². The molecule has 0 aromatic heterocycles. The molecule has 1 atom stereocenters. The maximum absolute atomic E-state index is 6.02. The molecule has 0 aromatic carbocycles. The van der Waals surface area contributed by atoms with Gasteiger partial charge in [-0.1, -0.05) is 0 Å². The predicted octanol–water partition coefficient (Wildman–Crippen LogP) is -1.07. The van der Waals surface area contributed by atoms with E-state index in [1.165, 1.54) is 25.7 Å². The van der Waals surface area contributed by atoms with E-state index in [1.807, 2.05) is 0 Å². The van der Waals surface area contributed by atoms with Crippen LogP contribution in [0, 0.1) is 5.41 Å². The Morgan fingerprint density at radius 2 is 2.08 bits per heavy atom. The van der Waals surface area contributed by atoms with Crippen LogP contribution in [-0.4, -0.2) is 21.5 Å². The summed E-state index contributed by atoms with van der Waals surface area (Å²) in [6, 6.07) is 0. The number of alkyl halides is 1. The van der Waals surface area contributed by atoms with Crippen molar-refractivity contribution in [3.63, 3.8) is 0 Å². The van der Waals surface area contributed by atoms with Crippen molar-refractivity contribution < 1.29 is 17.2 Å². The standard InChI is InChI=1S/C9H17I2N2/c1-8(11-10)5-9(3-2-4-9)7-13(12)6-8/h2-7,12H2,1H3/q-1. The number of hydrogen-bond acceptors (Lipinski definition) is 2. The average molecular weight is 407 g/mol. The van der Waals surface area contributed by atoms with Crippen molar-refractivity contribution in [3.05, 3.63) is 0 Å². The van der Waals surface area contributed by atoms with Gasteiger partial charge in [0.25, 0.3) is 0 Å². The van der Waals surface area contributed by atoms with E-state index in [0.717, 1.165) is 13.1 Å². The Hall–Kier alpha value is 1.38. The molecule has 2 nitrogen and oxygen atoms in total. The van der Waals surface area contributed by atoms with Crippen molar-refractivity contribution in [3.8, 4) is 0 Å². The molecule has 1 aliphatic carbocycles. The third kappa shape index (κ3) is 2.15. The topological polar surface area (TPSA) is 29.3 Å². The molecule has 1 aliphatic heterocycles. The summed E-state index contributed by atoms with van der Waals surface area (Å²) in [5.41, 5.74) is 0.632. The Labute approximate surface area is 100 Å². The van der Waals surface area contributed by atoms with Crippen LogP contribution in [0.4, 0.5) is 0 Å². The summed E-state index contributed by atoms with van der Waals surface area (Å²) in [6.07, 6.45) is 5.74. The minimum absolute atomic E-state index is 0.292. The van der Waals surface area contributed by atoms with Gasteiger partial charge in [-0.25, -0.2) is 0 Å². The van der Waals surface area contributed by atoms with Crippen LogP contribution in [0.3, 0.4) is 0 Å². The van der Waals surface area contributed by atoms with Gasteiger partial charge in [-0.3, -0.25) is 0 Å². The quantitative estimate of drug-likeness (QED) is 0.341. The second-order valence-electron chi connectivity index (χ2n) is 4.92. The summed E-state index contributed by atoms with van der Waals surface area (Å²) in [5.74, 6) is 6.02. The number of nitrogens with zero attached hydrogens (tertiary/aromatic N) is 1. The van der Waals surface area contributed by atoms with Crippen LogP contribution < -0.4 is 23.1 Å². The van der Waals surface area contributed by atoms with E-state index in [1.54, 1.807) is 0 Å². The number of hydrazine groups is 1. The molecule has 2 N–H and O–H groups in total. The fourth-order valence-corrected chi connectivity index (χ4v) is 6.22. The first-order valence-corrected chi connectivity index (χ1v) is 12.2. The van der Waals surface area contributed by atoms with Crippen LogP contribution in [0.5, 0.6) is 0 Å². The van der Waals surface area contributed by atoms with Crippen LogP contribution in [0.25, 0.3) is 0 Å². The van der Waals surface area contributed by atoms with Gasteiger partial charge >= 0.3 is 101 Å². The number of halogens is 2. The van der Waals surface area contributed by atoms with Crippen molar-refractivity contribution in [2.45, 2.75) is 36.0 Å². The Balaban J connectivity index is 2.09. The summed E-state index contributed by atoms with van der Waals surface area (Å²) in [5, 5.41) is 2.08. The molecule has 1 unspecified atom stereocenters. The van der Waals surface area contributed by atoms with Gasteiger partial charge in [-0.2, -0.15) is 0 Å². The van der Waals surface area contributed by atoms with Crippen LogP contribution >= 0.6 is 18.6 Å². The van der Waals surface area contributed by atoms with Gasteiger partial charge in [-0.15, -0.1) is 0 Å². The van der Waals surface area contributed by atoms with Crippen LogP contribution in [0.2, 0.25) is 0 Å². The zero-order valence-corrected chi connectivity index (χ0v) is 12.3. The van der Waals surface area contributed by atoms with Gasteiger partial charge in [0.1, 0.15) is 0 Å². The Kier molecular flexibility index (Phi) is 3.14. The van der Waals surface area contributed by atoms with E-state index in [4.69, 9.17) is 5.84 Å². The third-order valence-corrected chi connectivity index (χ3v) is 11.7. The normalized spacial score (nSPS) is 39.3. The average Bonchev–Trinajstić information content (AvgIpc) is 2.00. The number of rotatable bonds is 1. The van der Waals surface area contributed by atoms with Gasteiger partial charge in [0.2, 0.25) is 0 Å². The van der Waals surface area contributed by atoms with E-state index >= 15 is 0 Å². The van der Waals surface area contributed by atoms with Crippen molar-refractivity contribution >= 4 is 18.6 Å². The maximum atomic E-state index is 6.02. The van der Waals surface area contributed by atoms with Gasteiger partial charge in [-0.05, 0) is 0 Å². The molecule has 0 radical (unpaired) electrons. The van der Waals surface area contributed by atoms with Crippen LogP contribution in [0.1, 0.15) is 32.6 Å². The molecule has 2 fully saturated rings. The molecular formula is C9H17I2N2-. The Bertz CT molecular complexity index is 194. The molecule has 2 aliphatic rings. The zero-order chi connectivity index (χ0) is 9.53.